The molecule has 0 saturated heterocycles. The Morgan fingerprint density at radius 2 is 2.33 bits per heavy atom. The Morgan fingerprint density at radius 3 is 2.83 bits per heavy atom. The van der Waals surface area contributed by atoms with Gasteiger partial charge in [-0.1, -0.05) is 6.92 Å². The van der Waals surface area contributed by atoms with Gasteiger partial charge in [0.15, 0.2) is 0 Å². The van der Waals surface area contributed by atoms with Crippen molar-refractivity contribution in [3.63, 3.8) is 0 Å². The van der Waals surface area contributed by atoms with Gasteiger partial charge in [0.1, 0.15) is 5.82 Å². The number of halogens is 1. The van der Waals surface area contributed by atoms with E-state index in [0.717, 1.165) is 28.8 Å². The first-order valence-corrected chi connectivity index (χ1v) is 6.83. The first-order chi connectivity index (χ1) is 8.67. The van der Waals surface area contributed by atoms with Crippen LogP contribution in [0.1, 0.15) is 30.2 Å². The van der Waals surface area contributed by atoms with E-state index >= 15 is 0 Å². The van der Waals surface area contributed by atoms with Gasteiger partial charge < -0.3 is 10.3 Å². The molecule has 0 aliphatic heterocycles. The minimum Gasteiger partial charge on any atom is -0.347 e. The first kappa shape index (κ1) is 13.3. The van der Waals surface area contributed by atoms with Crippen molar-refractivity contribution in [2.24, 2.45) is 7.05 Å². The molecule has 2 N–H and O–H groups in total. The van der Waals surface area contributed by atoms with Crippen LogP contribution in [-0.2, 0) is 19.9 Å². The van der Waals surface area contributed by atoms with Crippen molar-refractivity contribution >= 4 is 15.9 Å². The van der Waals surface area contributed by atoms with E-state index in [1.165, 1.54) is 5.69 Å². The van der Waals surface area contributed by atoms with Crippen LogP contribution in [0.5, 0.6) is 0 Å². The fourth-order valence-electron chi connectivity index (χ4n) is 2.04. The van der Waals surface area contributed by atoms with Gasteiger partial charge in [0.05, 0.1) is 21.9 Å². The van der Waals surface area contributed by atoms with Crippen molar-refractivity contribution < 1.29 is 0 Å². The molecule has 2 aromatic heterocycles. The zero-order chi connectivity index (χ0) is 13.1. The molecule has 0 saturated carbocycles. The minimum absolute atomic E-state index is 0.163. The van der Waals surface area contributed by atoms with Gasteiger partial charge in [-0.3, -0.25) is 4.68 Å². The molecule has 0 radical (unpaired) electrons. The highest BCUT2D eigenvalue weighted by Crippen LogP contribution is 2.25. The zero-order valence-electron chi connectivity index (χ0n) is 10.9. The first-order valence-electron chi connectivity index (χ1n) is 6.04. The summed E-state index contributed by atoms with van der Waals surface area (Å²) in [5.74, 6) is 0.948. The van der Waals surface area contributed by atoms with E-state index in [1.807, 2.05) is 25.0 Å². The van der Waals surface area contributed by atoms with Crippen molar-refractivity contribution in [3.05, 3.63) is 34.1 Å². The number of H-pyrrole nitrogens is 1. The topological polar surface area (TPSA) is 58.5 Å². The lowest BCUT2D eigenvalue weighted by molar-refractivity contribution is 0.537. The molecule has 5 nitrogen and oxygen atoms in total. The van der Waals surface area contributed by atoms with Crippen molar-refractivity contribution in [3.8, 4) is 0 Å². The lowest BCUT2D eigenvalue weighted by Gasteiger charge is -2.14. The fraction of sp³-hybridized carbons (Fsp3) is 0.500. The van der Waals surface area contributed by atoms with Crippen molar-refractivity contribution in [2.75, 3.05) is 7.05 Å². The Kier molecular flexibility index (Phi) is 4.19. The van der Waals surface area contributed by atoms with Gasteiger partial charge in [-0.25, -0.2) is 4.98 Å². The summed E-state index contributed by atoms with van der Waals surface area (Å²) >= 11 is 3.64. The molecular formula is C12H18BrN5. The summed E-state index contributed by atoms with van der Waals surface area (Å²) in [6.45, 7) is 2.11. The molecule has 98 valence electrons. The van der Waals surface area contributed by atoms with Gasteiger partial charge in [-0.15, -0.1) is 0 Å². The van der Waals surface area contributed by atoms with Crippen LogP contribution in [-0.4, -0.2) is 26.8 Å². The van der Waals surface area contributed by atoms with Crippen LogP contribution in [0.3, 0.4) is 0 Å². The van der Waals surface area contributed by atoms with E-state index < -0.39 is 0 Å². The van der Waals surface area contributed by atoms with E-state index in [1.54, 1.807) is 6.20 Å². The number of hydrogen-bond donors (Lipinski definition) is 2. The number of nitrogens with zero attached hydrogens (tertiary/aromatic N) is 3. The predicted octanol–water partition coefficient (Wildman–Crippen LogP) is 1.97. The van der Waals surface area contributed by atoms with Crippen LogP contribution in [0, 0.1) is 0 Å². The molecular weight excluding hydrogens is 294 g/mol. The smallest absolute Gasteiger partial charge is 0.123 e. The Morgan fingerprint density at radius 1 is 1.56 bits per heavy atom. The van der Waals surface area contributed by atoms with Gasteiger partial charge in [0, 0.05) is 25.9 Å². The SMILES string of the molecule is CCc1nn(C)c(CC(NC)c2ncc[nH]2)c1Br. The summed E-state index contributed by atoms with van der Waals surface area (Å²) in [6.07, 6.45) is 5.39. The number of aryl methyl sites for hydroxylation is 2. The summed E-state index contributed by atoms with van der Waals surface area (Å²) in [4.78, 5) is 7.46. The molecule has 0 aliphatic carbocycles. The Hall–Kier alpha value is -1.14. The third-order valence-electron chi connectivity index (χ3n) is 3.10. The molecule has 18 heavy (non-hydrogen) atoms. The maximum Gasteiger partial charge on any atom is 0.123 e. The fourth-order valence-corrected chi connectivity index (χ4v) is 2.82. The summed E-state index contributed by atoms with van der Waals surface area (Å²) in [5.41, 5.74) is 2.28. The zero-order valence-corrected chi connectivity index (χ0v) is 12.5. The molecule has 0 fully saturated rings. The highest BCUT2D eigenvalue weighted by atomic mass is 79.9. The van der Waals surface area contributed by atoms with E-state index in [4.69, 9.17) is 0 Å². The van der Waals surface area contributed by atoms with Crippen molar-refractivity contribution in [1.82, 2.24) is 25.1 Å². The van der Waals surface area contributed by atoms with Crippen LogP contribution in [0.25, 0.3) is 0 Å². The second kappa shape index (κ2) is 5.67. The average Bonchev–Trinajstić information content (AvgIpc) is 2.97. The lowest BCUT2D eigenvalue weighted by Crippen LogP contribution is -2.21. The standard InChI is InChI=1S/C12H18BrN5/c1-4-8-11(13)10(18(3)17-8)7-9(14-2)12-15-5-6-16-12/h5-6,9,14H,4,7H2,1-3H3,(H,15,16). The van der Waals surface area contributed by atoms with Crippen LogP contribution < -0.4 is 5.32 Å². The molecule has 6 heteroatoms. The van der Waals surface area contributed by atoms with E-state index in [0.29, 0.717) is 0 Å². The number of likely N-dealkylation sites (N-methyl/N-ethyl adjacent to an activating group) is 1. The lowest BCUT2D eigenvalue weighted by atomic mass is 10.1. The Bertz CT molecular complexity index is 503. The molecule has 0 spiro atoms. The molecule has 0 aromatic carbocycles. The molecule has 0 bridgehead atoms. The van der Waals surface area contributed by atoms with E-state index in [2.05, 4.69) is 43.2 Å². The van der Waals surface area contributed by atoms with E-state index in [9.17, 15) is 0 Å². The maximum absolute atomic E-state index is 4.51. The minimum atomic E-state index is 0.163. The summed E-state index contributed by atoms with van der Waals surface area (Å²) in [7, 11) is 3.92. The number of aromatic amines is 1. The molecule has 2 aromatic rings. The molecule has 1 unspecified atom stereocenters. The molecule has 2 heterocycles. The molecule has 0 aliphatic rings. The van der Waals surface area contributed by atoms with Crippen LogP contribution in [0.15, 0.2) is 16.9 Å². The van der Waals surface area contributed by atoms with Crippen LogP contribution in [0.2, 0.25) is 0 Å². The highest BCUT2D eigenvalue weighted by molar-refractivity contribution is 9.10. The van der Waals surface area contributed by atoms with Gasteiger partial charge in [-0.2, -0.15) is 5.10 Å². The van der Waals surface area contributed by atoms with Gasteiger partial charge in [0.25, 0.3) is 0 Å². The van der Waals surface area contributed by atoms with Crippen LogP contribution >= 0.6 is 15.9 Å². The van der Waals surface area contributed by atoms with E-state index in [-0.39, 0.29) is 6.04 Å². The summed E-state index contributed by atoms with van der Waals surface area (Å²) in [5, 5.41) is 7.79. The predicted molar refractivity (Wildman–Crippen MR) is 74.4 cm³/mol. The molecule has 0 amide bonds. The van der Waals surface area contributed by atoms with Gasteiger partial charge in [0.2, 0.25) is 0 Å². The monoisotopic (exact) mass is 311 g/mol. The van der Waals surface area contributed by atoms with Crippen molar-refractivity contribution in [1.29, 1.82) is 0 Å². The number of imidazole rings is 1. The molecule has 2 rings (SSSR count). The maximum atomic E-state index is 4.51. The van der Waals surface area contributed by atoms with Crippen molar-refractivity contribution in [2.45, 2.75) is 25.8 Å². The third kappa shape index (κ3) is 2.49. The number of nitrogens with one attached hydrogen (secondary N) is 2. The largest absolute Gasteiger partial charge is 0.347 e. The summed E-state index contributed by atoms with van der Waals surface area (Å²) < 4.78 is 3.05. The normalized spacial score (nSPS) is 12.9. The molecule has 1 atom stereocenters. The van der Waals surface area contributed by atoms with Gasteiger partial charge in [-0.05, 0) is 29.4 Å². The quantitative estimate of drug-likeness (QED) is 0.887. The second-order valence-corrected chi connectivity index (χ2v) is 5.00. The number of rotatable bonds is 5. The summed E-state index contributed by atoms with van der Waals surface area (Å²) in [6, 6.07) is 0.163. The van der Waals surface area contributed by atoms with Gasteiger partial charge >= 0.3 is 0 Å². The third-order valence-corrected chi connectivity index (χ3v) is 4.01. The average molecular weight is 312 g/mol. The number of hydrogen-bond acceptors (Lipinski definition) is 3. The second-order valence-electron chi connectivity index (χ2n) is 4.20. The number of aromatic nitrogens is 4. The Labute approximate surface area is 115 Å². The Balaban J connectivity index is 2.25. The highest BCUT2D eigenvalue weighted by Gasteiger charge is 2.19. The van der Waals surface area contributed by atoms with Crippen LogP contribution in [0.4, 0.5) is 0 Å².